The van der Waals surface area contributed by atoms with Crippen molar-refractivity contribution in [1.29, 1.82) is 0 Å². The molecule has 1 aromatic heterocycles. The van der Waals surface area contributed by atoms with E-state index in [2.05, 4.69) is 4.98 Å². The highest BCUT2D eigenvalue weighted by molar-refractivity contribution is 5.34. The van der Waals surface area contributed by atoms with Gasteiger partial charge < -0.3 is 14.2 Å². The standard InChI is InChI=1S/C15H15NO3/c1-2-5-12(6-3-1)9-17-10-13-11-18-15-14(19-13)7-4-8-16-15/h1-8,13H,9-11H2. The predicted octanol–water partition coefficient (Wildman–Crippen LogP) is 2.44. The van der Waals surface area contributed by atoms with Crippen LogP contribution < -0.4 is 9.47 Å². The first-order valence-electron chi connectivity index (χ1n) is 6.28. The van der Waals surface area contributed by atoms with Crippen LogP contribution >= 0.6 is 0 Å². The third kappa shape index (κ3) is 3.03. The van der Waals surface area contributed by atoms with Gasteiger partial charge in [0.15, 0.2) is 11.9 Å². The highest BCUT2D eigenvalue weighted by Gasteiger charge is 2.21. The van der Waals surface area contributed by atoms with Crippen LogP contribution in [0.4, 0.5) is 0 Å². The fourth-order valence-electron chi connectivity index (χ4n) is 1.92. The van der Waals surface area contributed by atoms with Crippen LogP contribution in [0.15, 0.2) is 48.7 Å². The zero-order valence-corrected chi connectivity index (χ0v) is 10.5. The Morgan fingerprint density at radius 3 is 2.95 bits per heavy atom. The molecular weight excluding hydrogens is 242 g/mol. The first kappa shape index (κ1) is 12.0. The van der Waals surface area contributed by atoms with E-state index in [0.29, 0.717) is 31.5 Å². The summed E-state index contributed by atoms with van der Waals surface area (Å²) < 4.78 is 16.9. The molecule has 2 aromatic rings. The van der Waals surface area contributed by atoms with Gasteiger partial charge in [0.2, 0.25) is 0 Å². The van der Waals surface area contributed by atoms with E-state index < -0.39 is 0 Å². The number of hydrogen-bond acceptors (Lipinski definition) is 4. The molecule has 1 aromatic carbocycles. The van der Waals surface area contributed by atoms with Gasteiger partial charge in [-0.15, -0.1) is 0 Å². The van der Waals surface area contributed by atoms with E-state index in [-0.39, 0.29) is 6.10 Å². The van der Waals surface area contributed by atoms with Gasteiger partial charge in [-0.25, -0.2) is 4.98 Å². The van der Waals surface area contributed by atoms with Crippen LogP contribution in [-0.4, -0.2) is 24.3 Å². The second-order valence-corrected chi connectivity index (χ2v) is 4.36. The number of aromatic nitrogens is 1. The number of hydrogen-bond donors (Lipinski definition) is 0. The van der Waals surface area contributed by atoms with Crippen LogP contribution in [0.3, 0.4) is 0 Å². The average molecular weight is 257 g/mol. The number of ether oxygens (including phenoxy) is 3. The van der Waals surface area contributed by atoms with Gasteiger partial charge in [-0.05, 0) is 17.7 Å². The van der Waals surface area contributed by atoms with Crippen LogP contribution in [0.25, 0.3) is 0 Å². The topological polar surface area (TPSA) is 40.6 Å². The normalized spacial score (nSPS) is 17.2. The molecule has 19 heavy (non-hydrogen) atoms. The fraction of sp³-hybridized carbons (Fsp3) is 0.267. The molecular formula is C15H15NO3. The molecule has 2 heterocycles. The average Bonchev–Trinajstić information content (AvgIpc) is 2.48. The molecule has 1 unspecified atom stereocenters. The highest BCUT2D eigenvalue weighted by atomic mass is 16.6. The molecule has 1 atom stereocenters. The first-order valence-corrected chi connectivity index (χ1v) is 6.28. The lowest BCUT2D eigenvalue weighted by Crippen LogP contribution is -2.33. The van der Waals surface area contributed by atoms with Gasteiger partial charge in [0.25, 0.3) is 5.88 Å². The lowest BCUT2D eigenvalue weighted by atomic mass is 10.2. The maximum Gasteiger partial charge on any atom is 0.257 e. The molecule has 0 saturated carbocycles. The molecule has 0 saturated heterocycles. The quantitative estimate of drug-likeness (QED) is 0.843. The Labute approximate surface area is 112 Å². The Hall–Kier alpha value is -2.07. The Morgan fingerprint density at radius 1 is 1.16 bits per heavy atom. The summed E-state index contributed by atoms with van der Waals surface area (Å²) in [5.74, 6) is 1.24. The van der Waals surface area contributed by atoms with Crippen molar-refractivity contribution in [3.8, 4) is 11.6 Å². The molecule has 0 spiro atoms. The second-order valence-electron chi connectivity index (χ2n) is 4.36. The van der Waals surface area contributed by atoms with Crippen molar-refractivity contribution in [3.63, 3.8) is 0 Å². The lowest BCUT2D eigenvalue weighted by Gasteiger charge is -2.25. The van der Waals surface area contributed by atoms with Gasteiger partial charge in [-0.2, -0.15) is 0 Å². The summed E-state index contributed by atoms with van der Waals surface area (Å²) in [7, 11) is 0. The molecule has 0 bridgehead atoms. The zero-order valence-electron chi connectivity index (χ0n) is 10.5. The van der Waals surface area contributed by atoms with Crippen molar-refractivity contribution in [2.75, 3.05) is 13.2 Å². The van der Waals surface area contributed by atoms with Gasteiger partial charge in [0.05, 0.1) is 13.2 Å². The SMILES string of the molecule is c1ccc(COCC2COc3ncccc3O2)cc1. The van der Waals surface area contributed by atoms with E-state index in [4.69, 9.17) is 14.2 Å². The van der Waals surface area contributed by atoms with Gasteiger partial charge >= 0.3 is 0 Å². The number of rotatable bonds is 4. The van der Waals surface area contributed by atoms with Crippen molar-refractivity contribution in [2.45, 2.75) is 12.7 Å². The third-order valence-electron chi connectivity index (χ3n) is 2.85. The van der Waals surface area contributed by atoms with Crippen LogP contribution in [-0.2, 0) is 11.3 Å². The predicted molar refractivity (Wildman–Crippen MR) is 70.2 cm³/mol. The van der Waals surface area contributed by atoms with Gasteiger partial charge in [0.1, 0.15) is 6.61 Å². The monoisotopic (exact) mass is 257 g/mol. The van der Waals surface area contributed by atoms with Gasteiger partial charge in [-0.3, -0.25) is 0 Å². The minimum atomic E-state index is -0.0830. The van der Waals surface area contributed by atoms with Crippen molar-refractivity contribution in [1.82, 2.24) is 4.98 Å². The van der Waals surface area contributed by atoms with Crippen LogP contribution in [0.1, 0.15) is 5.56 Å². The third-order valence-corrected chi connectivity index (χ3v) is 2.85. The smallest absolute Gasteiger partial charge is 0.257 e. The molecule has 0 radical (unpaired) electrons. The van der Waals surface area contributed by atoms with Crippen molar-refractivity contribution in [3.05, 3.63) is 54.2 Å². The minimum absolute atomic E-state index is 0.0830. The van der Waals surface area contributed by atoms with E-state index in [1.165, 1.54) is 0 Å². The van der Waals surface area contributed by atoms with E-state index in [9.17, 15) is 0 Å². The van der Waals surface area contributed by atoms with Crippen molar-refractivity contribution < 1.29 is 14.2 Å². The molecule has 0 amide bonds. The van der Waals surface area contributed by atoms with E-state index in [0.717, 1.165) is 5.56 Å². The van der Waals surface area contributed by atoms with Crippen LogP contribution in [0.5, 0.6) is 11.6 Å². The van der Waals surface area contributed by atoms with E-state index >= 15 is 0 Å². The maximum absolute atomic E-state index is 5.76. The Kier molecular flexibility index (Phi) is 3.61. The molecule has 0 fully saturated rings. The molecule has 1 aliphatic rings. The number of fused-ring (bicyclic) bond motifs is 1. The Morgan fingerprint density at radius 2 is 2.05 bits per heavy atom. The Bertz CT molecular complexity index is 530. The van der Waals surface area contributed by atoms with Crippen molar-refractivity contribution >= 4 is 0 Å². The summed E-state index contributed by atoms with van der Waals surface area (Å²) in [6.07, 6.45) is 1.61. The molecule has 1 aliphatic heterocycles. The minimum Gasteiger partial charge on any atom is -0.479 e. The molecule has 4 heteroatoms. The lowest BCUT2D eigenvalue weighted by molar-refractivity contribution is 0.000789. The summed E-state index contributed by atoms with van der Waals surface area (Å²) in [5, 5.41) is 0. The molecule has 98 valence electrons. The summed E-state index contributed by atoms with van der Waals surface area (Å²) >= 11 is 0. The fourth-order valence-corrected chi connectivity index (χ4v) is 1.92. The van der Waals surface area contributed by atoms with E-state index in [1.807, 2.05) is 42.5 Å². The van der Waals surface area contributed by atoms with Crippen LogP contribution in [0.2, 0.25) is 0 Å². The molecule has 0 N–H and O–H groups in total. The van der Waals surface area contributed by atoms with Gasteiger partial charge in [0, 0.05) is 6.20 Å². The maximum atomic E-state index is 5.76. The second kappa shape index (κ2) is 5.71. The summed E-state index contributed by atoms with van der Waals surface area (Å²) in [6, 6.07) is 13.8. The number of pyridine rings is 1. The summed E-state index contributed by atoms with van der Waals surface area (Å²) in [5.41, 5.74) is 1.15. The van der Waals surface area contributed by atoms with Crippen LogP contribution in [0, 0.1) is 0 Å². The highest BCUT2D eigenvalue weighted by Crippen LogP contribution is 2.28. The number of nitrogens with zero attached hydrogens (tertiary/aromatic N) is 1. The largest absolute Gasteiger partial charge is 0.479 e. The zero-order chi connectivity index (χ0) is 12.9. The van der Waals surface area contributed by atoms with E-state index in [1.54, 1.807) is 6.20 Å². The molecule has 0 aliphatic carbocycles. The molecule has 4 nitrogen and oxygen atoms in total. The summed E-state index contributed by atoms with van der Waals surface area (Å²) in [6.45, 7) is 1.56. The van der Waals surface area contributed by atoms with Crippen molar-refractivity contribution in [2.24, 2.45) is 0 Å². The first-order chi connectivity index (χ1) is 9.42. The number of benzene rings is 1. The molecule has 3 rings (SSSR count). The van der Waals surface area contributed by atoms with Gasteiger partial charge in [-0.1, -0.05) is 30.3 Å². The Balaban J connectivity index is 1.50. The summed E-state index contributed by atoms with van der Waals surface area (Å²) in [4.78, 5) is 4.09.